The van der Waals surface area contributed by atoms with Gasteiger partial charge in [-0.25, -0.2) is 0 Å². The molecule has 3 heteroatoms. The number of rotatable bonds is 2. The quantitative estimate of drug-likeness (QED) is 0.759. The minimum atomic E-state index is -0.0423. The molecular weight excluding hydrogens is 190 g/mol. The van der Waals surface area contributed by atoms with Crippen molar-refractivity contribution >= 4 is 0 Å². The summed E-state index contributed by atoms with van der Waals surface area (Å²) >= 11 is 0. The zero-order valence-electron chi connectivity index (χ0n) is 9.92. The van der Waals surface area contributed by atoms with Gasteiger partial charge < -0.3 is 15.2 Å². The molecule has 2 rings (SSSR count). The van der Waals surface area contributed by atoms with Crippen LogP contribution in [0.3, 0.4) is 0 Å². The Morgan fingerprint density at radius 3 is 2.87 bits per heavy atom. The van der Waals surface area contributed by atoms with Crippen LogP contribution < -0.4 is 5.73 Å². The lowest BCUT2D eigenvalue weighted by Crippen LogP contribution is -2.51. The third kappa shape index (κ3) is 2.19. The summed E-state index contributed by atoms with van der Waals surface area (Å²) in [6, 6.07) is 0. The molecule has 2 saturated heterocycles. The van der Waals surface area contributed by atoms with Gasteiger partial charge in [0.05, 0.1) is 12.2 Å². The summed E-state index contributed by atoms with van der Waals surface area (Å²) < 4.78 is 11.4. The molecule has 0 amide bonds. The van der Waals surface area contributed by atoms with Gasteiger partial charge in [0.15, 0.2) is 0 Å². The SMILES string of the molecule is CCC(C)(N)C1CCOC2(CCOC2)C1. The fourth-order valence-electron chi connectivity index (χ4n) is 2.74. The molecule has 0 bridgehead atoms. The fraction of sp³-hybridized carbons (Fsp3) is 1.00. The number of hydrogen-bond donors (Lipinski definition) is 1. The molecule has 88 valence electrons. The van der Waals surface area contributed by atoms with Crippen molar-refractivity contribution in [3.8, 4) is 0 Å². The summed E-state index contributed by atoms with van der Waals surface area (Å²) in [6.45, 7) is 6.81. The van der Waals surface area contributed by atoms with Gasteiger partial charge in [0.25, 0.3) is 0 Å². The number of nitrogens with two attached hydrogens (primary N) is 1. The van der Waals surface area contributed by atoms with Gasteiger partial charge in [-0.3, -0.25) is 0 Å². The smallest absolute Gasteiger partial charge is 0.0940 e. The Balaban J connectivity index is 2.03. The molecule has 2 heterocycles. The van der Waals surface area contributed by atoms with Gasteiger partial charge in [0, 0.05) is 25.2 Å². The second kappa shape index (κ2) is 4.04. The lowest BCUT2D eigenvalue weighted by molar-refractivity contribution is -0.108. The van der Waals surface area contributed by atoms with Crippen molar-refractivity contribution in [1.29, 1.82) is 0 Å². The molecule has 2 N–H and O–H groups in total. The third-order valence-electron chi connectivity index (χ3n) is 4.25. The minimum Gasteiger partial charge on any atom is -0.378 e. The molecule has 2 aliphatic heterocycles. The van der Waals surface area contributed by atoms with Gasteiger partial charge in [-0.05, 0) is 32.1 Å². The van der Waals surface area contributed by atoms with Crippen molar-refractivity contribution in [2.75, 3.05) is 19.8 Å². The molecule has 0 aliphatic carbocycles. The fourth-order valence-corrected chi connectivity index (χ4v) is 2.74. The van der Waals surface area contributed by atoms with Gasteiger partial charge in [0.1, 0.15) is 0 Å². The van der Waals surface area contributed by atoms with Crippen LogP contribution in [-0.2, 0) is 9.47 Å². The minimum absolute atomic E-state index is 0.00127. The standard InChI is InChI=1S/C12H23NO2/c1-3-11(2,13)10-4-6-15-12(8-10)5-7-14-9-12/h10H,3-9,13H2,1-2H3. The Hall–Kier alpha value is -0.120. The molecule has 3 nitrogen and oxygen atoms in total. The largest absolute Gasteiger partial charge is 0.378 e. The van der Waals surface area contributed by atoms with Gasteiger partial charge >= 0.3 is 0 Å². The van der Waals surface area contributed by atoms with Crippen molar-refractivity contribution in [3.05, 3.63) is 0 Å². The van der Waals surface area contributed by atoms with Gasteiger partial charge in [-0.15, -0.1) is 0 Å². The average molecular weight is 213 g/mol. The van der Waals surface area contributed by atoms with Crippen molar-refractivity contribution in [3.63, 3.8) is 0 Å². The summed E-state index contributed by atoms with van der Waals surface area (Å²) in [7, 11) is 0. The van der Waals surface area contributed by atoms with Crippen molar-refractivity contribution in [2.24, 2.45) is 11.7 Å². The van der Waals surface area contributed by atoms with E-state index in [0.29, 0.717) is 5.92 Å². The Labute approximate surface area is 92.3 Å². The Bertz CT molecular complexity index is 222. The molecule has 0 saturated carbocycles. The lowest BCUT2D eigenvalue weighted by atomic mass is 9.73. The zero-order chi connectivity index (χ0) is 10.9. The molecule has 2 aliphatic rings. The molecule has 1 spiro atoms. The second-order valence-electron chi connectivity index (χ2n) is 5.38. The van der Waals surface area contributed by atoms with Crippen LogP contribution in [0.5, 0.6) is 0 Å². The molecule has 0 aromatic rings. The molecule has 2 fully saturated rings. The second-order valence-corrected chi connectivity index (χ2v) is 5.38. The molecule has 3 unspecified atom stereocenters. The predicted octanol–water partition coefficient (Wildman–Crippen LogP) is 1.70. The lowest BCUT2D eigenvalue weighted by Gasteiger charge is -2.43. The normalized spacial score (nSPS) is 40.6. The van der Waals surface area contributed by atoms with E-state index in [-0.39, 0.29) is 11.1 Å². The first kappa shape index (κ1) is 11.4. The van der Waals surface area contributed by atoms with Crippen LogP contribution in [0, 0.1) is 5.92 Å². The molecule has 0 aromatic carbocycles. The summed E-state index contributed by atoms with van der Waals surface area (Å²) in [5, 5.41) is 0. The average Bonchev–Trinajstić information content (AvgIpc) is 2.66. The predicted molar refractivity (Wildman–Crippen MR) is 59.7 cm³/mol. The van der Waals surface area contributed by atoms with E-state index in [1.165, 1.54) is 0 Å². The van der Waals surface area contributed by atoms with Gasteiger partial charge in [-0.2, -0.15) is 0 Å². The summed E-state index contributed by atoms with van der Waals surface area (Å²) in [6.07, 6.45) is 4.26. The van der Waals surface area contributed by atoms with Gasteiger partial charge in [-0.1, -0.05) is 6.92 Å². The maximum atomic E-state index is 6.35. The Morgan fingerprint density at radius 1 is 1.47 bits per heavy atom. The van der Waals surface area contributed by atoms with Crippen molar-refractivity contribution in [2.45, 2.75) is 50.7 Å². The van der Waals surface area contributed by atoms with E-state index in [4.69, 9.17) is 15.2 Å². The van der Waals surface area contributed by atoms with E-state index in [2.05, 4.69) is 13.8 Å². The maximum Gasteiger partial charge on any atom is 0.0940 e. The van der Waals surface area contributed by atoms with Crippen LogP contribution in [0.2, 0.25) is 0 Å². The van der Waals surface area contributed by atoms with Crippen molar-refractivity contribution < 1.29 is 9.47 Å². The van der Waals surface area contributed by atoms with E-state index in [0.717, 1.165) is 45.5 Å². The topological polar surface area (TPSA) is 44.5 Å². The summed E-state index contributed by atoms with van der Waals surface area (Å²) in [5.74, 6) is 0.581. The van der Waals surface area contributed by atoms with Crippen molar-refractivity contribution in [1.82, 2.24) is 0 Å². The van der Waals surface area contributed by atoms with E-state index in [9.17, 15) is 0 Å². The van der Waals surface area contributed by atoms with Crippen LogP contribution in [0.4, 0.5) is 0 Å². The monoisotopic (exact) mass is 213 g/mol. The Kier molecular flexibility index (Phi) is 3.06. The highest BCUT2D eigenvalue weighted by molar-refractivity contribution is 4.97. The molecule has 0 aromatic heterocycles. The van der Waals surface area contributed by atoms with E-state index >= 15 is 0 Å². The highest BCUT2D eigenvalue weighted by Crippen LogP contribution is 2.40. The van der Waals surface area contributed by atoms with Crippen LogP contribution in [0.1, 0.15) is 39.5 Å². The Morgan fingerprint density at radius 2 is 2.27 bits per heavy atom. The van der Waals surface area contributed by atoms with Gasteiger partial charge in [0.2, 0.25) is 0 Å². The first-order valence-corrected chi connectivity index (χ1v) is 6.09. The number of ether oxygens (including phenoxy) is 2. The molecular formula is C12H23NO2. The van der Waals surface area contributed by atoms with Crippen LogP contribution in [-0.4, -0.2) is 31.0 Å². The highest BCUT2D eigenvalue weighted by atomic mass is 16.6. The van der Waals surface area contributed by atoms with Crippen LogP contribution >= 0.6 is 0 Å². The zero-order valence-corrected chi connectivity index (χ0v) is 9.92. The van der Waals surface area contributed by atoms with E-state index < -0.39 is 0 Å². The summed E-state index contributed by atoms with van der Waals surface area (Å²) in [5.41, 5.74) is 6.30. The maximum absolute atomic E-state index is 6.35. The first-order chi connectivity index (χ1) is 7.08. The van der Waals surface area contributed by atoms with Crippen LogP contribution in [0.15, 0.2) is 0 Å². The summed E-state index contributed by atoms with van der Waals surface area (Å²) in [4.78, 5) is 0. The highest BCUT2D eigenvalue weighted by Gasteiger charge is 2.44. The number of hydrogen-bond acceptors (Lipinski definition) is 3. The van der Waals surface area contributed by atoms with Crippen LogP contribution in [0.25, 0.3) is 0 Å². The molecule has 3 atom stereocenters. The molecule has 0 radical (unpaired) electrons. The van der Waals surface area contributed by atoms with E-state index in [1.54, 1.807) is 0 Å². The molecule has 15 heavy (non-hydrogen) atoms. The third-order valence-corrected chi connectivity index (χ3v) is 4.25. The van der Waals surface area contributed by atoms with E-state index in [1.807, 2.05) is 0 Å². The first-order valence-electron chi connectivity index (χ1n) is 6.09.